The Labute approximate surface area is 120 Å². The first-order chi connectivity index (χ1) is 9.52. The van der Waals surface area contributed by atoms with Crippen molar-refractivity contribution >= 4 is 17.9 Å². The van der Waals surface area contributed by atoms with Gasteiger partial charge in [0.2, 0.25) is 0 Å². The van der Waals surface area contributed by atoms with Crippen LogP contribution in [0.4, 0.5) is 13.2 Å². The molecule has 0 saturated carbocycles. The standard InChI is InChI=1S/C14H16F3N3O/c1-7(2)4-9-5-8(3)10(12(21)20-13(18)19)6-11(9)14(15,16)17/h4-6H,1-3H3,(H4,18,19,20,21). The van der Waals surface area contributed by atoms with Gasteiger partial charge in [0.05, 0.1) is 5.56 Å². The molecule has 1 rings (SSSR count). The summed E-state index contributed by atoms with van der Waals surface area (Å²) in [7, 11) is 0. The average Bonchev–Trinajstić information content (AvgIpc) is 2.24. The van der Waals surface area contributed by atoms with Crippen molar-refractivity contribution in [1.82, 2.24) is 0 Å². The number of halogens is 3. The Balaban J connectivity index is 3.56. The maximum absolute atomic E-state index is 13.1. The van der Waals surface area contributed by atoms with E-state index in [1.165, 1.54) is 19.1 Å². The molecule has 0 atom stereocenters. The molecule has 0 bridgehead atoms. The van der Waals surface area contributed by atoms with Gasteiger partial charge in [-0.2, -0.15) is 18.2 Å². The molecular formula is C14H16F3N3O. The Hall–Kier alpha value is -2.31. The molecule has 0 spiro atoms. The van der Waals surface area contributed by atoms with Crippen LogP contribution in [0.25, 0.3) is 6.08 Å². The monoisotopic (exact) mass is 299 g/mol. The molecule has 0 unspecified atom stereocenters. The number of rotatable bonds is 2. The van der Waals surface area contributed by atoms with Crippen LogP contribution in [0.2, 0.25) is 0 Å². The summed E-state index contributed by atoms with van der Waals surface area (Å²) in [5, 5.41) is 0. The number of allylic oxidation sites excluding steroid dienone is 1. The smallest absolute Gasteiger partial charge is 0.370 e. The van der Waals surface area contributed by atoms with Crippen molar-refractivity contribution in [2.75, 3.05) is 0 Å². The van der Waals surface area contributed by atoms with E-state index in [4.69, 9.17) is 11.5 Å². The van der Waals surface area contributed by atoms with Crippen molar-refractivity contribution in [2.45, 2.75) is 26.9 Å². The van der Waals surface area contributed by atoms with Gasteiger partial charge in [0.25, 0.3) is 5.91 Å². The molecule has 114 valence electrons. The van der Waals surface area contributed by atoms with Crippen molar-refractivity contribution in [3.05, 3.63) is 40.0 Å². The summed E-state index contributed by atoms with van der Waals surface area (Å²) in [6.07, 6.45) is -3.17. The molecule has 0 aliphatic carbocycles. The number of alkyl halides is 3. The SMILES string of the molecule is CC(C)=Cc1cc(C)c(C(=O)N=C(N)N)cc1C(F)(F)F. The van der Waals surface area contributed by atoms with E-state index in [-0.39, 0.29) is 11.1 Å². The predicted octanol–water partition coefficient (Wildman–Crippen LogP) is 2.85. The van der Waals surface area contributed by atoms with Gasteiger partial charge in [-0.25, -0.2) is 0 Å². The largest absolute Gasteiger partial charge is 0.417 e. The van der Waals surface area contributed by atoms with E-state index in [9.17, 15) is 18.0 Å². The van der Waals surface area contributed by atoms with Crippen LogP contribution in [-0.4, -0.2) is 11.9 Å². The number of hydrogen-bond donors (Lipinski definition) is 2. The highest BCUT2D eigenvalue weighted by atomic mass is 19.4. The Morgan fingerprint density at radius 1 is 1.24 bits per heavy atom. The second-order valence-corrected chi connectivity index (χ2v) is 4.82. The number of benzene rings is 1. The first kappa shape index (κ1) is 16.7. The predicted molar refractivity (Wildman–Crippen MR) is 75.6 cm³/mol. The summed E-state index contributed by atoms with van der Waals surface area (Å²) in [5.74, 6) is -1.40. The normalized spacial score (nSPS) is 11.0. The highest BCUT2D eigenvalue weighted by molar-refractivity contribution is 6.03. The minimum Gasteiger partial charge on any atom is -0.370 e. The molecule has 0 aromatic heterocycles. The van der Waals surface area contributed by atoms with Gasteiger partial charge in [-0.05, 0) is 38.0 Å². The second kappa shape index (κ2) is 5.99. The summed E-state index contributed by atoms with van der Waals surface area (Å²) in [6.45, 7) is 4.90. The van der Waals surface area contributed by atoms with Gasteiger partial charge in [0.15, 0.2) is 5.96 Å². The van der Waals surface area contributed by atoms with Crippen molar-refractivity contribution in [3.63, 3.8) is 0 Å². The lowest BCUT2D eigenvalue weighted by molar-refractivity contribution is -0.137. The molecule has 4 N–H and O–H groups in total. The highest BCUT2D eigenvalue weighted by Gasteiger charge is 2.34. The third-order valence-electron chi connectivity index (χ3n) is 2.61. The molecule has 0 saturated heterocycles. The Kier molecular flexibility index (Phi) is 4.77. The fourth-order valence-corrected chi connectivity index (χ4v) is 1.81. The maximum atomic E-state index is 13.1. The number of carbonyl (C=O) groups is 1. The molecule has 0 fully saturated rings. The molecule has 1 aromatic rings. The van der Waals surface area contributed by atoms with Gasteiger partial charge in [-0.15, -0.1) is 0 Å². The number of guanidine groups is 1. The van der Waals surface area contributed by atoms with Crippen LogP contribution in [0.3, 0.4) is 0 Å². The van der Waals surface area contributed by atoms with E-state index >= 15 is 0 Å². The van der Waals surface area contributed by atoms with Crippen molar-refractivity contribution in [2.24, 2.45) is 16.5 Å². The van der Waals surface area contributed by atoms with Crippen molar-refractivity contribution < 1.29 is 18.0 Å². The minimum absolute atomic E-state index is 0.00116. The molecule has 21 heavy (non-hydrogen) atoms. The number of amides is 1. The Morgan fingerprint density at radius 3 is 2.24 bits per heavy atom. The molecule has 0 aliphatic heterocycles. The van der Waals surface area contributed by atoms with Crippen LogP contribution in [0.15, 0.2) is 22.7 Å². The van der Waals surface area contributed by atoms with Gasteiger partial charge in [0.1, 0.15) is 0 Å². The zero-order valence-corrected chi connectivity index (χ0v) is 11.9. The maximum Gasteiger partial charge on any atom is 0.417 e. The minimum atomic E-state index is -4.58. The summed E-state index contributed by atoms with van der Waals surface area (Å²) in [5.41, 5.74) is 10.2. The van der Waals surface area contributed by atoms with Crippen molar-refractivity contribution in [3.8, 4) is 0 Å². The van der Waals surface area contributed by atoms with E-state index in [2.05, 4.69) is 4.99 Å². The summed E-state index contributed by atoms with van der Waals surface area (Å²) >= 11 is 0. The van der Waals surface area contributed by atoms with Crippen LogP contribution >= 0.6 is 0 Å². The third kappa shape index (κ3) is 4.34. The lowest BCUT2D eigenvalue weighted by Gasteiger charge is -2.14. The number of hydrogen-bond acceptors (Lipinski definition) is 1. The third-order valence-corrected chi connectivity index (χ3v) is 2.61. The fourth-order valence-electron chi connectivity index (χ4n) is 1.81. The van der Waals surface area contributed by atoms with Crippen LogP contribution in [-0.2, 0) is 6.18 Å². The van der Waals surface area contributed by atoms with Crippen LogP contribution < -0.4 is 11.5 Å². The number of nitrogens with two attached hydrogens (primary N) is 2. The van der Waals surface area contributed by atoms with E-state index in [0.717, 1.165) is 6.07 Å². The molecule has 0 radical (unpaired) electrons. The van der Waals surface area contributed by atoms with Gasteiger partial charge in [-0.3, -0.25) is 4.79 Å². The zero-order valence-electron chi connectivity index (χ0n) is 11.9. The Bertz CT molecular complexity index is 623. The van der Waals surface area contributed by atoms with Crippen LogP contribution in [0.5, 0.6) is 0 Å². The average molecular weight is 299 g/mol. The molecule has 1 aromatic carbocycles. The summed E-state index contributed by atoms with van der Waals surface area (Å²) < 4.78 is 39.3. The van der Waals surface area contributed by atoms with Gasteiger partial charge >= 0.3 is 6.18 Å². The Morgan fingerprint density at radius 2 is 1.81 bits per heavy atom. The summed E-state index contributed by atoms with van der Waals surface area (Å²) in [4.78, 5) is 15.0. The van der Waals surface area contributed by atoms with E-state index < -0.39 is 23.6 Å². The number of nitrogens with zero attached hydrogens (tertiary/aromatic N) is 1. The van der Waals surface area contributed by atoms with Crippen molar-refractivity contribution in [1.29, 1.82) is 0 Å². The van der Waals surface area contributed by atoms with Gasteiger partial charge in [-0.1, -0.05) is 17.7 Å². The zero-order chi connectivity index (χ0) is 16.4. The lowest BCUT2D eigenvalue weighted by atomic mass is 9.97. The summed E-state index contributed by atoms with van der Waals surface area (Å²) in [6, 6.07) is 2.07. The first-order valence-corrected chi connectivity index (χ1v) is 6.03. The molecule has 7 heteroatoms. The number of carbonyl (C=O) groups excluding carboxylic acids is 1. The molecular weight excluding hydrogens is 283 g/mol. The molecule has 1 amide bonds. The van der Waals surface area contributed by atoms with Crippen LogP contribution in [0.1, 0.15) is 40.9 Å². The lowest BCUT2D eigenvalue weighted by Crippen LogP contribution is -2.24. The quantitative estimate of drug-likeness (QED) is 0.651. The van der Waals surface area contributed by atoms with E-state index in [1.807, 2.05) is 0 Å². The molecule has 4 nitrogen and oxygen atoms in total. The number of aliphatic imine (C=N–C) groups is 1. The van der Waals surface area contributed by atoms with Gasteiger partial charge < -0.3 is 11.5 Å². The second-order valence-electron chi connectivity index (χ2n) is 4.82. The number of aryl methyl sites for hydroxylation is 1. The molecule has 0 aliphatic rings. The highest BCUT2D eigenvalue weighted by Crippen LogP contribution is 2.35. The topological polar surface area (TPSA) is 81.5 Å². The fraction of sp³-hybridized carbons (Fsp3) is 0.286. The van der Waals surface area contributed by atoms with Gasteiger partial charge in [0, 0.05) is 5.56 Å². The van der Waals surface area contributed by atoms with E-state index in [1.54, 1.807) is 13.8 Å². The van der Waals surface area contributed by atoms with Crippen LogP contribution in [0, 0.1) is 6.92 Å². The first-order valence-electron chi connectivity index (χ1n) is 6.03. The van der Waals surface area contributed by atoms with E-state index in [0.29, 0.717) is 11.1 Å². The molecule has 0 heterocycles.